The van der Waals surface area contributed by atoms with Gasteiger partial charge < -0.3 is 18.5 Å². The van der Waals surface area contributed by atoms with E-state index in [2.05, 4.69) is 184 Å². The Kier molecular flexibility index (Phi) is 5.58. The molecule has 0 fully saturated rings. The van der Waals surface area contributed by atoms with Gasteiger partial charge in [0.2, 0.25) is 0 Å². The molecule has 2 unspecified atom stereocenters. The molecule has 1 aliphatic heterocycles. The lowest BCUT2D eigenvalue weighted by Gasteiger charge is -2.28. The molecule has 4 nitrogen and oxygen atoms in total. The van der Waals surface area contributed by atoms with Crippen molar-refractivity contribution in [1.82, 2.24) is 9.13 Å². The highest BCUT2D eigenvalue weighted by atomic mass is 16.3. The fourth-order valence-electron chi connectivity index (χ4n) is 9.22. The number of hydrogen-bond acceptors (Lipinski definition) is 2. The van der Waals surface area contributed by atoms with Crippen molar-refractivity contribution in [3.8, 4) is 11.4 Å². The quantitative estimate of drug-likeness (QED) is 0.188. The summed E-state index contributed by atoms with van der Waals surface area (Å²) in [6, 6.07) is 55.3. The number of allylic oxidation sites excluding steroid dienone is 2. The first kappa shape index (κ1) is 28.0. The number of anilines is 2. The second kappa shape index (κ2) is 10.4. The number of nitrogens with zero attached hydrogens (tertiary/aromatic N) is 3. The molecule has 244 valence electrons. The number of benzene rings is 7. The molecule has 0 bridgehead atoms. The maximum absolute atomic E-state index is 6.63. The van der Waals surface area contributed by atoms with Crippen LogP contribution in [0.25, 0.3) is 76.9 Å². The topological polar surface area (TPSA) is 26.2 Å². The molecular formula is C48H31N3O. The van der Waals surface area contributed by atoms with Crippen molar-refractivity contribution in [2.24, 2.45) is 0 Å². The Labute approximate surface area is 299 Å². The summed E-state index contributed by atoms with van der Waals surface area (Å²) in [6.45, 7) is 0. The molecular weight excluding hydrogens is 635 g/mol. The third-order valence-corrected chi connectivity index (χ3v) is 11.4. The molecule has 0 radical (unpaired) electrons. The van der Waals surface area contributed by atoms with Gasteiger partial charge in [-0.1, -0.05) is 109 Å². The van der Waals surface area contributed by atoms with Crippen molar-refractivity contribution in [2.45, 2.75) is 12.0 Å². The van der Waals surface area contributed by atoms with E-state index in [0.29, 0.717) is 0 Å². The van der Waals surface area contributed by atoms with E-state index in [-0.39, 0.29) is 12.0 Å². The van der Waals surface area contributed by atoms with Crippen LogP contribution in [0.5, 0.6) is 0 Å². The molecule has 0 saturated carbocycles. The van der Waals surface area contributed by atoms with Crippen LogP contribution >= 0.6 is 0 Å². The SMILES string of the molecule is C1=CC2c3cc4c(cc3N(c3ccccc3)C2C=C1)c1cc2c(cc1n4-c1ccccc1)c1ccccc1n2-c1cccc2c1oc1ccccc12. The highest BCUT2D eigenvalue weighted by molar-refractivity contribution is 6.20. The van der Waals surface area contributed by atoms with Gasteiger partial charge in [0.05, 0.1) is 33.8 Å². The Morgan fingerprint density at radius 2 is 1.06 bits per heavy atom. The Hall–Kier alpha value is -6.78. The van der Waals surface area contributed by atoms with E-state index in [1.807, 2.05) is 6.07 Å². The average Bonchev–Trinajstić information content (AvgIpc) is 3.93. The van der Waals surface area contributed by atoms with E-state index >= 15 is 0 Å². The van der Waals surface area contributed by atoms with Crippen LogP contribution in [-0.2, 0) is 0 Å². The predicted octanol–water partition coefficient (Wildman–Crippen LogP) is 12.5. The molecule has 0 saturated heterocycles. The third kappa shape index (κ3) is 3.70. The first-order chi connectivity index (χ1) is 25.8. The lowest BCUT2D eigenvalue weighted by molar-refractivity contribution is 0.666. The fourth-order valence-corrected chi connectivity index (χ4v) is 9.22. The molecule has 2 aliphatic rings. The van der Waals surface area contributed by atoms with Crippen LogP contribution in [0.2, 0.25) is 0 Å². The third-order valence-electron chi connectivity index (χ3n) is 11.4. The molecule has 2 atom stereocenters. The van der Waals surface area contributed by atoms with E-state index in [4.69, 9.17) is 4.42 Å². The highest BCUT2D eigenvalue weighted by Gasteiger charge is 2.38. The Morgan fingerprint density at radius 1 is 0.423 bits per heavy atom. The van der Waals surface area contributed by atoms with E-state index in [0.717, 1.165) is 44.3 Å². The van der Waals surface area contributed by atoms with Crippen molar-refractivity contribution in [3.05, 3.63) is 182 Å². The lowest BCUT2D eigenvalue weighted by atomic mass is 9.91. The molecule has 0 amide bonds. The van der Waals surface area contributed by atoms with Gasteiger partial charge in [-0.15, -0.1) is 0 Å². The summed E-state index contributed by atoms with van der Waals surface area (Å²) < 4.78 is 11.5. The minimum absolute atomic E-state index is 0.226. The van der Waals surface area contributed by atoms with Gasteiger partial charge in [0, 0.05) is 55.3 Å². The van der Waals surface area contributed by atoms with Gasteiger partial charge in [0.15, 0.2) is 5.58 Å². The first-order valence-electron chi connectivity index (χ1n) is 18.0. The minimum atomic E-state index is 0.226. The lowest BCUT2D eigenvalue weighted by Crippen LogP contribution is -2.28. The summed E-state index contributed by atoms with van der Waals surface area (Å²) in [4.78, 5) is 2.53. The van der Waals surface area contributed by atoms with Crippen molar-refractivity contribution in [1.29, 1.82) is 0 Å². The van der Waals surface area contributed by atoms with Crippen LogP contribution in [0.3, 0.4) is 0 Å². The zero-order chi connectivity index (χ0) is 33.9. The van der Waals surface area contributed by atoms with Crippen molar-refractivity contribution >= 4 is 76.9 Å². The zero-order valence-electron chi connectivity index (χ0n) is 28.1. The zero-order valence-corrected chi connectivity index (χ0v) is 28.1. The van der Waals surface area contributed by atoms with E-state index < -0.39 is 0 Å². The summed E-state index contributed by atoms with van der Waals surface area (Å²) in [6.07, 6.45) is 9.12. The largest absolute Gasteiger partial charge is 0.454 e. The van der Waals surface area contributed by atoms with Crippen molar-refractivity contribution in [2.75, 3.05) is 4.90 Å². The first-order valence-corrected chi connectivity index (χ1v) is 18.0. The van der Waals surface area contributed by atoms with Crippen LogP contribution in [0, 0.1) is 0 Å². The van der Waals surface area contributed by atoms with Gasteiger partial charge in [-0.3, -0.25) is 0 Å². The van der Waals surface area contributed by atoms with Gasteiger partial charge in [0.25, 0.3) is 0 Å². The van der Waals surface area contributed by atoms with Crippen molar-refractivity contribution in [3.63, 3.8) is 0 Å². The molecule has 7 aromatic carbocycles. The summed E-state index contributed by atoms with van der Waals surface area (Å²) in [5.74, 6) is 0.267. The number of fused-ring (bicyclic) bond motifs is 12. The monoisotopic (exact) mass is 665 g/mol. The van der Waals surface area contributed by atoms with Crippen LogP contribution in [-0.4, -0.2) is 15.2 Å². The van der Waals surface area contributed by atoms with Gasteiger partial charge in [0.1, 0.15) is 5.58 Å². The van der Waals surface area contributed by atoms with E-state index in [1.54, 1.807) is 0 Å². The number of furan rings is 1. The van der Waals surface area contributed by atoms with Gasteiger partial charge >= 0.3 is 0 Å². The van der Waals surface area contributed by atoms with Crippen molar-refractivity contribution < 1.29 is 4.42 Å². The number of hydrogen-bond donors (Lipinski definition) is 0. The van der Waals surface area contributed by atoms with Crippen LogP contribution in [0.1, 0.15) is 11.5 Å². The number of para-hydroxylation sites is 5. The minimum Gasteiger partial charge on any atom is -0.454 e. The normalized spacial score (nSPS) is 16.7. The molecule has 0 spiro atoms. The average molecular weight is 666 g/mol. The van der Waals surface area contributed by atoms with Gasteiger partial charge in [-0.05, 0) is 72.3 Å². The van der Waals surface area contributed by atoms with Gasteiger partial charge in [-0.2, -0.15) is 0 Å². The fraction of sp³-hybridized carbons (Fsp3) is 0.0417. The Bertz CT molecular complexity index is 3140. The molecule has 4 heterocycles. The number of rotatable bonds is 3. The van der Waals surface area contributed by atoms with E-state index in [1.165, 1.54) is 49.5 Å². The van der Waals surface area contributed by atoms with Crippen LogP contribution < -0.4 is 4.90 Å². The molecule has 1 aliphatic carbocycles. The summed E-state index contributed by atoms with van der Waals surface area (Å²) in [5.41, 5.74) is 12.6. The second-order valence-electron chi connectivity index (χ2n) is 14.1. The van der Waals surface area contributed by atoms with E-state index in [9.17, 15) is 0 Å². The molecule has 10 aromatic rings. The Morgan fingerprint density at radius 3 is 1.90 bits per heavy atom. The molecule has 52 heavy (non-hydrogen) atoms. The highest BCUT2D eigenvalue weighted by Crippen LogP contribution is 2.51. The second-order valence-corrected chi connectivity index (χ2v) is 14.1. The molecule has 12 rings (SSSR count). The van der Waals surface area contributed by atoms with Gasteiger partial charge in [-0.25, -0.2) is 0 Å². The smallest absolute Gasteiger partial charge is 0.159 e. The maximum Gasteiger partial charge on any atom is 0.159 e. The molecule has 4 heteroatoms. The summed E-state index contributed by atoms with van der Waals surface area (Å²) >= 11 is 0. The summed E-state index contributed by atoms with van der Waals surface area (Å²) in [7, 11) is 0. The maximum atomic E-state index is 6.63. The number of aromatic nitrogens is 2. The Balaban J connectivity index is 1.22. The standard InChI is InChI=1S/C48H31N3O/c1-3-14-30(15-4-1)49-40-22-10-7-18-32(40)36-26-44-38(28-43(36)49)39-29-46-37(27-45(39)50(44)31-16-5-2-6-17-31)33-19-8-11-23-41(33)51(46)42-24-13-21-35-34-20-9-12-25-47(34)52-48(35)42/h1-29,32,40H. The molecule has 0 N–H and O–H groups in total. The van der Waals surface area contributed by atoms with Crippen LogP contribution in [0.4, 0.5) is 11.4 Å². The molecule has 3 aromatic heterocycles. The summed E-state index contributed by atoms with van der Waals surface area (Å²) in [5, 5.41) is 7.17. The predicted molar refractivity (Wildman–Crippen MR) is 216 cm³/mol. The van der Waals surface area contributed by atoms with Crippen LogP contribution in [0.15, 0.2) is 180 Å².